The molecular weight excluding hydrogens is 396 g/mol. The molecule has 1 amide bonds. The lowest BCUT2D eigenvalue weighted by Gasteiger charge is -2.49. The number of amides is 1. The average molecular weight is 435 g/mol. The number of rotatable bonds is 7. The zero-order chi connectivity index (χ0) is 22.3. The van der Waals surface area contributed by atoms with Crippen molar-refractivity contribution in [2.75, 3.05) is 5.32 Å². The maximum absolute atomic E-state index is 12.9. The van der Waals surface area contributed by atoms with Crippen molar-refractivity contribution in [3.8, 4) is 0 Å². The molecule has 0 saturated heterocycles. The van der Waals surface area contributed by atoms with Crippen LogP contribution in [0.15, 0.2) is 22.7 Å². The minimum Gasteiger partial charge on any atom is -0.361 e. The molecule has 4 nitrogen and oxygen atoms in total. The smallest absolute Gasteiger partial charge is 0.225 e. The number of carbonyl (C=O) groups is 1. The van der Waals surface area contributed by atoms with Crippen molar-refractivity contribution >= 4 is 11.6 Å². The van der Waals surface area contributed by atoms with Gasteiger partial charge in [-0.15, -0.1) is 0 Å². The lowest BCUT2D eigenvalue weighted by molar-refractivity contribution is -0.116. The van der Waals surface area contributed by atoms with Crippen molar-refractivity contribution in [2.24, 2.45) is 5.41 Å². The Balaban J connectivity index is 1.30. The highest BCUT2D eigenvalue weighted by molar-refractivity contribution is 5.92. The van der Waals surface area contributed by atoms with E-state index in [1.54, 1.807) is 0 Å². The third-order valence-corrected chi connectivity index (χ3v) is 8.38. The Morgan fingerprint density at radius 1 is 1.16 bits per heavy atom. The quantitative estimate of drug-likeness (QED) is 0.490. The highest BCUT2D eigenvalue weighted by Gasteiger charge is 2.49. The molecule has 4 heteroatoms. The van der Waals surface area contributed by atoms with Gasteiger partial charge in [0.1, 0.15) is 5.76 Å². The highest BCUT2D eigenvalue weighted by atomic mass is 16.5. The Morgan fingerprint density at radius 2 is 1.91 bits per heavy atom. The Bertz CT molecular complexity index is 973. The van der Waals surface area contributed by atoms with Crippen LogP contribution in [0.2, 0.25) is 0 Å². The van der Waals surface area contributed by atoms with E-state index in [0.29, 0.717) is 23.7 Å². The molecule has 0 aliphatic heterocycles. The Labute approximate surface area is 192 Å². The van der Waals surface area contributed by atoms with Gasteiger partial charge in [0.15, 0.2) is 0 Å². The third-order valence-electron chi connectivity index (χ3n) is 8.38. The van der Waals surface area contributed by atoms with E-state index in [2.05, 4.69) is 30.4 Å². The van der Waals surface area contributed by atoms with Crippen LogP contribution in [0.25, 0.3) is 0 Å². The van der Waals surface area contributed by atoms with Gasteiger partial charge >= 0.3 is 0 Å². The van der Waals surface area contributed by atoms with Gasteiger partial charge in [-0.3, -0.25) is 4.79 Å². The maximum Gasteiger partial charge on any atom is 0.225 e. The predicted octanol–water partition coefficient (Wildman–Crippen LogP) is 7.52. The van der Waals surface area contributed by atoms with E-state index in [9.17, 15) is 4.79 Å². The van der Waals surface area contributed by atoms with Gasteiger partial charge in [-0.1, -0.05) is 49.0 Å². The van der Waals surface area contributed by atoms with Crippen molar-refractivity contribution in [3.63, 3.8) is 0 Å². The van der Waals surface area contributed by atoms with Crippen molar-refractivity contribution < 1.29 is 9.32 Å². The summed E-state index contributed by atoms with van der Waals surface area (Å²) in [5, 5.41) is 7.75. The van der Waals surface area contributed by atoms with Gasteiger partial charge in [-0.05, 0) is 81.8 Å². The number of aromatic nitrogens is 1. The van der Waals surface area contributed by atoms with E-state index in [-0.39, 0.29) is 11.8 Å². The van der Waals surface area contributed by atoms with Gasteiger partial charge in [0.2, 0.25) is 5.91 Å². The van der Waals surface area contributed by atoms with Crippen molar-refractivity contribution in [3.05, 3.63) is 46.3 Å². The average Bonchev–Trinajstić information content (AvgIpc) is 3.51. The van der Waals surface area contributed by atoms with Crippen molar-refractivity contribution in [1.29, 1.82) is 0 Å². The lowest BCUT2D eigenvalue weighted by Crippen LogP contribution is -2.37. The molecule has 5 rings (SSSR count). The van der Waals surface area contributed by atoms with Crippen molar-refractivity contribution in [2.45, 2.75) is 109 Å². The molecule has 172 valence electrons. The minimum atomic E-state index is 0.0694. The van der Waals surface area contributed by atoms with Crippen LogP contribution >= 0.6 is 0 Å². The number of aryl methyl sites for hydroxylation is 2. The zero-order valence-electron chi connectivity index (χ0n) is 20.0. The van der Waals surface area contributed by atoms with Crippen LogP contribution in [0.1, 0.15) is 123 Å². The largest absolute Gasteiger partial charge is 0.361 e. The fraction of sp³-hybridized carbons (Fsp3) is 0.643. The van der Waals surface area contributed by atoms with E-state index in [1.165, 1.54) is 74.7 Å². The first-order valence-electron chi connectivity index (χ1n) is 12.8. The minimum absolute atomic E-state index is 0.0694. The summed E-state index contributed by atoms with van der Waals surface area (Å²) in [5.74, 6) is 2.52. The van der Waals surface area contributed by atoms with Gasteiger partial charge in [0.05, 0.1) is 5.69 Å². The van der Waals surface area contributed by atoms with Crippen LogP contribution in [0.3, 0.4) is 0 Å². The number of benzene rings is 1. The van der Waals surface area contributed by atoms with Crippen molar-refractivity contribution in [1.82, 2.24) is 5.16 Å². The van der Waals surface area contributed by atoms with E-state index in [4.69, 9.17) is 4.52 Å². The second-order valence-electron chi connectivity index (χ2n) is 11.0. The number of hydrogen-bond acceptors (Lipinski definition) is 3. The zero-order valence-corrected chi connectivity index (χ0v) is 20.0. The summed E-state index contributed by atoms with van der Waals surface area (Å²) in [6.07, 6.45) is 13.4. The first-order valence-corrected chi connectivity index (χ1v) is 12.8. The number of anilines is 1. The maximum atomic E-state index is 12.9. The second kappa shape index (κ2) is 8.68. The highest BCUT2D eigenvalue weighted by Crippen LogP contribution is 2.60. The van der Waals surface area contributed by atoms with Crippen LogP contribution in [-0.4, -0.2) is 11.1 Å². The van der Waals surface area contributed by atoms with Crippen LogP contribution in [0.5, 0.6) is 0 Å². The first kappa shape index (κ1) is 21.7. The van der Waals surface area contributed by atoms with Gasteiger partial charge in [0.25, 0.3) is 0 Å². The molecule has 1 atom stereocenters. The fourth-order valence-electron chi connectivity index (χ4n) is 6.39. The monoisotopic (exact) mass is 434 g/mol. The van der Waals surface area contributed by atoms with E-state index in [1.807, 2.05) is 19.1 Å². The molecule has 1 unspecified atom stereocenters. The van der Waals surface area contributed by atoms with Gasteiger partial charge in [-0.25, -0.2) is 0 Å². The van der Waals surface area contributed by atoms with Crippen LogP contribution in [0.4, 0.5) is 5.69 Å². The Hall–Kier alpha value is -2.10. The molecule has 3 fully saturated rings. The normalized spacial score (nSPS) is 21.3. The van der Waals surface area contributed by atoms with Gasteiger partial charge in [-0.2, -0.15) is 0 Å². The van der Waals surface area contributed by atoms with Crippen LogP contribution in [-0.2, 0) is 4.79 Å². The summed E-state index contributed by atoms with van der Waals surface area (Å²) in [6.45, 7) is 6.29. The fourth-order valence-corrected chi connectivity index (χ4v) is 6.39. The SMILES string of the molecule is CCC(CC(=O)Nc1ccc(C)cc1C)c1noc(C2CC3(CCCCC3)C2)c1C1CC1. The molecule has 32 heavy (non-hydrogen) atoms. The summed E-state index contributed by atoms with van der Waals surface area (Å²) < 4.78 is 6.07. The lowest BCUT2D eigenvalue weighted by atomic mass is 9.55. The van der Waals surface area contributed by atoms with E-state index < -0.39 is 0 Å². The summed E-state index contributed by atoms with van der Waals surface area (Å²) in [7, 11) is 0. The molecule has 0 bridgehead atoms. The second-order valence-corrected chi connectivity index (χ2v) is 11.0. The molecular formula is C28H38N2O2. The first-order chi connectivity index (χ1) is 15.5. The molecule has 1 spiro atoms. The number of hydrogen-bond donors (Lipinski definition) is 1. The van der Waals surface area contributed by atoms with Gasteiger partial charge < -0.3 is 9.84 Å². The summed E-state index contributed by atoms with van der Waals surface area (Å²) in [5.41, 5.74) is 6.27. The van der Waals surface area contributed by atoms with Gasteiger partial charge in [0, 0.05) is 29.5 Å². The molecule has 1 heterocycles. The standard InChI is InChI=1S/C28H38N2O2/c1-4-20(15-24(31)29-23-11-8-18(2)14-19(23)3)26-25(21-9-10-21)27(32-30-26)22-16-28(17-22)12-6-5-7-13-28/h8,11,14,20-22H,4-7,9-10,12-13,15-17H2,1-3H3,(H,29,31). The van der Waals surface area contributed by atoms with E-state index in [0.717, 1.165) is 23.4 Å². The molecule has 1 aromatic carbocycles. The molecule has 3 aliphatic rings. The predicted molar refractivity (Wildman–Crippen MR) is 128 cm³/mol. The number of nitrogens with one attached hydrogen (secondary N) is 1. The number of carbonyl (C=O) groups excluding carboxylic acids is 1. The molecule has 3 aliphatic carbocycles. The Kier molecular flexibility index (Phi) is 5.90. The van der Waals surface area contributed by atoms with Crippen LogP contribution < -0.4 is 5.32 Å². The molecule has 1 N–H and O–H groups in total. The topological polar surface area (TPSA) is 55.1 Å². The van der Waals surface area contributed by atoms with Crippen LogP contribution in [0, 0.1) is 19.3 Å². The summed E-state index contributed by atoms with van der Waals surface area (Å²) >= 11 is 0. The van der Waals surface area contributed by atoms with E-state index >= 15 is 0 Å². The third kappa shape index (κ3) is 4.25. The Morgan fingerprint density at radius 3 is 2.56 bits per heavy atom. The summed E-state index contributed by atoms with van der Waals surface area (Å²) in [4.78, 5) is 12.9. The summed E-state index contributed by atoms with van der Waals surface area (Å²) in [6, 6.07) is 6.16. The molecule has 2 aromatic rings. The molecule has 0 radical (unpaired) electrons. The number of nitrogens with zero attached hydrogens (tertiary/aromatic N) is 1. The molecule has 1 aromatic heterocycles. The molecule has 3 saturated carbocycles.